The molecule has 2 atom stereocenters. The van der Waals surface area contributed by atoms with Crippen LogP contribution in [0.2, 0.25) is 0 Å². The lowest BCUT2D eigenvalue weighted by Crippen LogP contribution is -2.49. The third-order valence-corrected chi connectivity index (χ3v) is 8.47. The van der Waals surface area contributed by atoms with Gasteiger partial charge in [0.05, 0.1) is 12.6 Å². The van der Waals surface area contributed by atoms with Crippen molar-refractivity contribution in [1.29, 1.82) is 5.41 Å². The van der Waals surface area contributed by atoms with Crippen molar-refractivity contribution < 1.29 is 31.9 Å². The van der Waals surface area contributed by atoms with Crippen LogP contribution in [0, 0.1) is 5.41 Å². The number of alkyl halides is 2. The van der Waals surface area contributed by atoms with Crippen molar-refractivity contribution in [2.75, 3.05) is 13.1 Å². The quantitative estimate of drug-likeness (QED) is 0.181. The average molecular weight is 600 g/mol. The lowest BCUT2D eigenvalue weighted by atomic mass is 10.0. The standard InChI is InChI=1S/C29H25F4N5O3S/c1-14(23-10-17(13-42-23)26(34)35)37-28(41)22-9-16(25(30)31)12-38(22)24(39)11-36-27(40)15-6-7-21-19(8-15)18-4-2-3-5-20(18)29(21,32)33/h2-8,10,13-14,22H,9,11-12H2,1H3,(H3,34,35)(H,36,40)(H,37,41)/t14-,22?/m1/s1. The van der Waals surface area contributed by atoms with E-state index in [1.165, 1.54) is 47.7 Å². The molecule has 1 saturated heterocycles. The van der Waals surface area contributed by atoms with Crippen LogP contribution < -0.4 is 16.4 Å². The molecule has 3 aromatic rings. The van der Waals surface area contributed by atoms with Crippen molar-refractivity contribution in [3.05, 3.63) is 92.7 Å². The number of likely N-dealkylation sites (tertiary alicyclic amines) is 1. The highest BCUT2D eigenvalue weighted by molar-refractivity contribution is 7.10. The number of halogens is 4. The number of hydrogen-bond donors (Lipinski definition) is 4. The highest BCUT2D eigenvalue weighted by Crippen LogP contribution is 2.50. The molecule has 13 heteroatoms. The van der Waals surface area contributed by atoms with E-state index in [0.29, 0.717) is 16.0 Å². The maximum atomic E-state index is 14.8. The Hall–Kier alpha value is -4.52. The molecule has 5 N–H and O–H groups in total. The summed E-state index contributed by atoms with van der Waals surface area (Å²) in [5.41, 5.74) is 5.75. The highest BCUT2D eigenvalue weighted by Gasteiger charge is 2.44. The van der Waals surface area contributed by atoms with Gasteiger partial charge < -0.3 is 21.3 Å². The first-order chi connectivity index (χ1) is 19.9. The Morgan fingerprint density at radius 1 is 1.10 bits per heavy atom. The van der Waals surface area contributed by atoms with Gasteiger partial charge in [-0.2, -0.15) is 17.6 Å². The number of fused-ring (bicyclic) bond motifs is 3. The second kappa shape index (κ2) is 11.0. The van der Waals surface area contributed by atoms with Gasteiger partial charge in [-0.1, -0.05) is 30.3 Å². The number of rotatable bonds is 7. The number of thiophene rings is 1. The first kappa shape index (κ1) is 29.0. The fourth-order valence-corrected chi connectivity index (χ4v) is 6.05. The van der Waals surface area contributed by atoms with E-state index in [1.807, 2.05) is 0 Å². The Bertz CT molecular complexity index is 1650. The van der Waals surface area contributed by atoms with Crippen molar-refractivity contribution in [2.24, 2.45) is 5.73 Å². The van der Waals surface area contributed by atoms with Crippen LogP contribution in [-0.4, -0.2) is 47.6 Å². The average Bonchev–Trinajstić information content (AvgIpc) is 3.68. The number of nitrogen functional groups attached to an aromatic ring is 1. The van der Waals surface area contributed by atoms with Crippen LogP contribution >= 0.6 is 11.3 Å². The molecular formula is C29H25F4N5O3S. The maximum Gasteiger partial charge on any atom is 0.299 e. The fraction of sp³-hybridized carbons (Fsp3) is 0.241. The molecule has 3 amide bonds. The molecule has 8 nitrogen and oxygen atoms in total. The molecule has 0 spiro atoms. The molecule has 1 aromatic heterocycles. The Morgan fingerprint density at radius 2 is 1.81 bits per heavy atom. The molecule has 42 heavy (non-hydrogen) atoms. The van der Waals surface area contributed by atoms with Gasteiger partial charge in [0.2, 0.25) is 11.8 Å². The molecule has 0 saturated carbocycles. The molecule has 1 aliphatic carbocycles. The number of amides is 3. The summed E-state index contributed by atoms with van der Waals surface area (Å²) in [7, 11) is 0. The highest BCUT2D eigenvalue weighted by atomic mass is 32.1. The molecule has 2 aromatic carbocycles. The van der Waals surface area contributed by atoms with Crippen LogP contribution in [0.3, 0.4) is 0 Å². The van der Waals surface area contributed by atoms with E-state index in [1.54, 1.807) is 24.4 Å². The van der Waals surface area contributed by atoms with Gasteiger partial charge in [-0.3, -0.25) is 19.8 Å². The van der Waals surface area contributed by atoms with Crippen LogP contribution in [0.15, 0.2) is 65.6 Å². The van der Waals surface area contributed by atoms with E-state index < -0.39 is 54.9 Å². The predicted octanol–water partition coefficient (Wildman–Crippen LogP) is 4.51. The number of carbonyl (C=O) groups is 3. The van der Waals surface area contributed by atoms with E-state index >= 15 is 0 Å². The molecule has 1 fully saturated rings. The zero-order chi connectivity index (χ0) is 30.3. The number of carbonyl (C=O) groups excluding carboxylic acids is 3. The number of benzene rings is 2. The Balaban J connectivity index is 1.27. The van der Waals surface area contributed by atoms with E-state index in [4.69, 9.17) is 11.1 Å². The van der Waals surface area contributed by atoms with Crippen LogP contribution in [0.25, 0.3) is 11.1 Å². The second-order valence-corrected chi connectivity index (χ2v) is 11.0. The fourth-order valence-electron chi connectivity index (χ4n) is 5.14. The summed E-state index contributed by atoms with van der Waals surface area (Å²) in [6.07, 6.45) is -2.36. The Morgan fingerprint density at radius 3 is 2.50 bits per heavy atom. The molecule has 0 bridgehead atoms. The molecule has 2 aliphatic rings. The molecule has 0 radical (unpaired) electrons. The largest absolute Gasteiger partial charge is 0.384 e. The van der Waals surface area contributed by atoms with Crippen molar-refractivity contribution in [1.82, 2.24) is 15.5 Å². The third kappa shape index (κ3) is 5.27. The molecule has 1 unspecified atom stereocenters. The normalized spacial score (nSPS) is 17.3. The van der Waals surface area contributed by atoms with Gasteiger partial charge in [-0.15, -0.1) is 11.3 Å². The second-order valence-electron chi connectivity index (χ2n) is 10.1. The minimum absolute atomic E-state index is 0.0369. The van der Waals surface area contributed by atoms with E-state index in [0.717, 1.165) is 4.90 Å². The summed E-state index contributed by atoms with van der Waals surface area (Å²) in [5, 5.41) is 14.3. The zero-order valence-electron chi connectivity index (χ0n) is 22.1. The summed E-state index contributed by atoms with van der Waals surface area (Å²) in [4.78, 5) is 40.7. The predicted molar refractivity (Wildman–Crippen MR) is 148 cm³/mol. The first-order valence-electron chi connectivity index (χ1n) is 12.8. The minimum atomic E-state index is -3.21. The number of nitrogens with zero attached hydrogens (tertiary/aromatic N) is 1. The van der Waals surface area contributed by atoms with Gasteiger partial charge in [0.15, 0.2) is 0 Å². The molecule has 218 valence electrons. The number of nitrogens with one attached hydrogen (secondary N) is 3. The zero-order valence-corrected chi connectivity index (χ0v) is 23.0. The lowest BCUT2D eigenvalue weighted by molar-refractivity contribution is -0.137. The Kier molecular flexibility index (Phi) is 7.62. The molecular weight excluding hydrogens is 574 g/mol. The van der Waals surface area contributed by atoms with Crippen molar-refractivity contribution >= 4 is 34.9 Å². The van der Waals surface area contributed by atoms with Crippen LogP contribution in [0.1, 0.15) is 51.3 Å². The van der Waals surface area contributed by atoms with E-state index in [9.17, 15) is 31.9 Å². The summed E-state index contributed by atoms with van der Waals surface area (Å²) in [5.74, 6) is -5.49. The summed E-state index contributed by atoms with van der Waals surface area (Å²) >= 11 is 1.26. The number of nitrogens with two attached hydrogens (primary N) is 1. The summed E-state index contributed by atoms with van der Waals surface area (Å²) < 4.78 is 56.6. The SMILES string of the molecule is C[C@@H](NC(=O)C1CC(=C(F)F)CN1C(=O)CNC(=O)c1ccc2c(c1)-c1ccccc1C2(F)F)c1cc(C(=N)N)cs1. The van der Waals surface area contributed by atoms with E-state index in [2.05, 4.69) is 10.6 Å². The van der Waals surface area contributed by atoms with Gasteiger partial charge in [-0.05, 0) is 36.2 Å². The van der Waals surface area contributed by atoms with Gasteiger partial charge in [0, 0.05) is 51.0 Å². The first-order valence-corrected chi connectivity index (χ1v) is 13.7. The van der Waals surface area contributed by atoms with Crippen LogP contribution in [0.5, 0.6) is 0 Å². The third-order valence-electron chi connectivity index (χ3n) is 7.36. The Labute approximate surface area is 241 Å². The van der Waals surface area contributed by atoms with E-state index in [-0.39, 0.29) is 40.1 Å². The smallest absolute Gasteiger partial charge is 0.299 e. The summed E-state index contributed by atoms with van der Waals surface area (Å²) in [6, 6.07) is 9.56. The van der Waals surface area contributed by atoms with Crippen molar-refractivity contribution in [2.45, 2.75) is 31.4 Å². The van der Waals surface area contributed by atoms with Gasteiger partial charge in [0.25, 0.3) is 17.9 Å². The lowest BCUT2D eigenvalue weighted by Gasteiger charge is -2.25. The van der Waals surface area contributed by atoms with Crippen LogP contribution in [-0.2, 0) is 15.5 Å². The van der Waals surface area contributed by atoms with Gasteiger partial charge >= 0.3 is 0 Å². The molecule has 5 rings (SSSR count). The monoisotopic (exact) mass is 599 g/mol. The molecule has 1 aliphatic heterocycles. The molecule has 2 heterocycles. The van der Waals surface area contributed by atoms with Crippen LogP contribution in [0.4, 0.5) is 17.6 Å². The van der Waals surface area contributed by atoms with Crippen molar-refractivity contribution in [3.8, 4) is 11.1 Å². The van der Waals surface area contributed by atoms with Crippen molar-refractivity contribution in [3.63, 3.8) is 0 Å². The van der Waals surface area contributed by atoms with Gasteiger partial charge in [0.1, 0.15) is 11.9 Å². The van der Waals surface area contributed by atoms with Gasteiger partial charge in [-0.25, -0.2) is 0 Å². The number of hydrogen-bond acceptors (Lipinski definition) is 5. The minimum Gasteiger partial charge on any atom is -0.384 e. The summed E-state index contributed by atoms with van der Waals surface area (Å²) in [6.45, 7) is 0.587. The maximum absolute atomic E-state index is 14.8. The number of amidine groups is 1. The topological polar surface area (TPSA) is 128 Å².